The second-order valence-corrected chi connectivity index (χ2v) is 9.49. The van der Waals surface area contributed by atoms with Crippen molar-refractivity contribution in [2.24, 2.45) is 0 Å². The maximum Gasteiger partial charge on any atom is 0.261 e. The number of thiophene rings is 1. The van der Waals surface area contributed by atoms with Crippen molar-refractivity contribution in [3.8, 4) is 11.5 Å². The van der Waals surface area contributed by atoms with Gasteiger partial charge in [0.05, 0.1) is 29.6 Å². The van der Waals surface area contributed by atoms with Crippen molar-refractivity contribution in [1.82, 2.24) is 14.9 Å². The molecule has 36 heavy (non-hydrogen) atoms. The van der Waals surface area contributed by atoms with Gasteiger partial charge in [0, 0.05) is 19.5 Å². The third-order valence-electron chi connectivity index (χ3n) is 5.98. The highest BCUT2D eigenvalue weighted by molar-refractivity contribution is 7.12. The van der Waals surface area contributed by atoms with Crippen molar-refractivity contribution in [2.75, 3.05) is 20.3 Å². The molecular formula is C29H33N3O3S. The number of ether oxygens (including phenoxy) is 2. The summed E-state index contributed by atoms with van der Waals surface area (Å²) in [7, 11) is 1.67. The number of hydrogen-bond donors (Lipinski definition) is 1. The molecule has 0 saturated carbocycles. The van der Waals surface area contributed by atoms with Gasteiger partial charge in [-0.2, -0.15) is 0 Å². The summed E-state index contributed by atoms with van der Waals surface area (Å²) < 4.78 is 13.8. The van der Waals surface area contributed by atoms with Crippen molar-refractivity contribution < 1.29 is 14.3 Å². The average molecular weight is 504 g/mol. The zero-order valence-electron chi connectivity index (χ0n) is 20.7. The molecule has 6 nitrogen and oxygen atoms in total. The minimum Gasteiger partial charge on any atom is -0.493 e. The summed E-state index contributed by atoms with van der Waals surface area (Å²) in [5, 5.41) is 4.92. The number of allylic oxidation sites excluding steroid dienone is 1. The Kier molecular flexibility index (Phi) is 9.16. The summed E-state index contributed by atoms with van der Waals surface area (Å²) in [6.07, 6.45) is 6.22. The van der Waals surface area contributed by atoms with Gasteiger partial charge in [-0.05, 0) is 67.0 Å². The highest BCUT2D eigenvalue weighted by atomic mass is 32.1. The molecule has 0 aliphatic heterocycles. The molecule has 0 saturated heterocycles. The summed E-state index contributed by atoms with van der Waals surface area (Å²) in [4.78, 5) is 17.8. The lowest BCUT2D eigenvalue weighted by Gasteiger charge is -2.13. The Morgan fingerprint density at radius 3 is 2.81 bits per heavy atom. The number of carbonyl (C=O) groups excluding carboxylic acids is 1. The van der Waals surface area contributed by atoms with E-state index < -0.39 is 0 Å². The van der Waals surface area contributed by atoms with E-state index in [1.807, 2.05) is 47.9 Å². The summed E-state index contributed by atoms with van der Waals surface area (Å²) >= 11 is 1.46. The van der Waals surface area contributed by atoms with Gasteiger partial charge in [-0.3, -0.25) is 4.79 Å². The number of nitrogens with zero attached hydrogens (tertiary/aromatic N) is 2. The van der Waals surface area contributed by atoms with Gasteiger partial charge >= 0.3 is 0 Å². The summed E-state index contributed by atoms with van der Waals surface area (Å²) in [6.45, 7) is 5.91. The fourth-order valence-corrected chi connectivity index (χ4v) is 4.83. The number of amides is 1. The van der Waals surface area contributed by atoms with Crippen LogP contribution in [0.25, 0.3) is 11.0 Å². The normalized spacial score (nSPS) is 10.9. The molecule has 7 heteroatoms. The summed E-state index contributed by atoms with van der Waals surface area (Å²) in [5.41, 5.74) is 3.31. The molecule has 0 aliphatic rings. The van der Waals surface area contributed by atoms with Gasteiger partial charge in [0.1, 0.15) is 5.82 Å². The van der Waals surface area contributed by atoms with Gasteiger partial charge < -0.3 is 19.4 Å². The number of benzene rings is 2. The average Bonchev–Trinajstić information content (AvgIpc) is 3.56. The molecule has 0 unspecified atom stereocenters. The molecule has 2 heterocycles. The lowest BCUT2D eigenvalue weighted by Crippen LogP contribution is -2.24. The van der Waals surface area contributed by atoms with Crippen LogP contribution in [-0.2, 0) is 19.4 Å². The van der Waals surface area contributed by atoms with Crippen molar-refractivity contribution in [1.29, 1.82) is 0 Å². The van der Waals surface area contributed by atoms with E-state index in [9.17, 15) is 4.79 Å². The van der Waals surface area contributed by atoms with Crippen LogP contribution in [0.3, 0.4) is 0 Å². The fraction of sp³-hybridized carbons (Fsp3) is 0.310. The maximum atomic E-state index is 12.2. The first-order valence-electron chi connectivity index (χ1n) is 12.4. The van der Waals surface area contributed by atoms with E-state index in [1.54, 1.807) is 7.11 Å². The van der Waals surface area contributed by atoms with Crippen LogP contribution < -0.4 is 14.8 Å². The molecule has 0 spiro atoms. The third-order valence-corrected chi connectivity index (χ3v) is 6.85. The van der Waals surface area contributed by atoms with Crippen LogP contribution in [-0.4, -0.2) is 35.7 Å². The van der Waals surface area contributed by atoms with E-state index in [0.717, 1.165) is 77.4 Å². The number of nitrogens with one attached hydrogen (secondary N) is 1. The van der Waals surface area contributed by atoms with E-state index in [-0.39, 0.29) is 5.91 Å². The molecule has 0 radical (unpaired) electrons. The Balaban J connectivity index is 1.29. The van der Waals surface area contributed by atoms with E-state index in [0.29, 0.717) is 13.2 Å². The van der Waals surface area contributed by atoms with Crippen molar-refractivity contribution in [3.63, 3.8) is 0 Å². The standard InChI is InChI=1S/C29H33N3O3S/c1-3-10-22-15-16-25(26(21-22)34-2)35-19-7-6-18-32-24-12-5-4-11-23(24)31-28(32)14-8-17-30-29(33)27-13-9-20-36-27/h3-5,9,11-13,15-16,20-21H,1,6-8,10,14,17-19H2,2H3,(H,30,33). The first kappa shape index (κ1) is 25.5. The second-order valence-electron chi connectivity index (χ2n) is 8.54. The molecule has 0 atom stereocenters. The van der Waals surface area contributed by atoms with Crippen LogP contribution in [0.2, 0.25) is 0 Å². The van der Waals surface area contributed by atoms with Crippen molar-refractivity contribution >= 4 is 28.3 Å². The lowest BCUT2D eigenvalue weighted by atomic mass is 10.1. The Morgan fingerprint density at radius 2 is 2.00 bits per heavy atom. The first-order valence-corrected chi connectivity index (χ1v) is 13.2. The summed E-state index contributed by atoms with van der Waals surface area (Å²) in [6, 6.07) is 18.0. The van der Waals surface area contributed by atoms with Crippen LogP contribution in [0, 0.1) is 0 Å². The molecule has 188 valence electrons. The molecule has 2 aromatic heterocycles. The minimum atomic E-state index is -0.00882. The third kappa shape index (κ3) is 6.55. The largest absolute Gasteiger partial charge is 0.493 e. The molecule has 0 fully saturated rings. The van der Waals surface area contributed by atoms with Gasteiger partial charge in [0.15, 0.2) is 11.5 Å². The van der Waals surface area contributed by atoms with E-state index >= 15 is 0 Å². The topological polar surface area (TPSA) is 65.4 Å². The monoisotopic (exact) mass is 503 g/mol. The van der Waals surface area contributed by atoms with Crippen LogP contribution in [0.15, 0.2) is 72.6 Å². The van der Waals surface area contributed by atoms with Crippen molar-refractivity contribution in [3.05, 3.63) is 88.9 Å². The highest BCUT2D eigenvalue weighted by Crippen LogP contribution is 2.28. The molecule has 1 amide bonds. The maximum absolute atomic E-state index is 12.2. The molecule has 0 aliphatic carbocycles. The quantitative estimate of drug-likeness (QED) is 0.168. The Morgan fingerprint density at radius 1 is 1.11 bits per heavy atom. The van der Waals surface area contributed by atoms with E-state index in [4.69, 9.17) is 14.5 Å². The Labute approximate surface area is 216 Å². The number of carbonyl (C=O) groups is 1. The Hall–Kier alpha value is -3.58. The number of unbranched alkanes of at least 4 members (excludes halogenated alkanes) is 1. The van der Waals surface area contributed by atoms with Crippen molar-refractivity contribution in [2.45, 2.75) is 38.6 Å². The number of imidazole rings is 1. The zero-order valence-corrected chi connectivity index (χ0v) is 21.6. The van der Waals surface area contributed by atoms with Gasteiger partial charge in [-0.25, -0.2) is 4.98 Å². The van der Waals surface area contributed by atoms with Crippen LogP contribution in [0.4, 0.5) is 0 Å². The smallest absolute Gasteiger partial charge is 0.261 e. The van der Waals surface area contributed by atoms with Gasteiger partial charge in [-0.1, -0.05) is 30.3 Å². The molecular weight excluding hydrogens is 470 g/mol. The fourth-order valence-electron chi connectivity index (χ4n) is 4.19. The molecule has 1 N–H and O–H groups in total. The van der Waals surface area contributed by atoms with Crippen LogP contribution >= 0.6 is 11.3 Å². The predicted molar refractivity (Wildman–Crippen MR) is 146 cm³/mol. The first-order chi connectivity index (χ1) is 17.7. The van der Waals surface area contributed by atoms with E-state index in [1.165, 1.54) is 11.3 Å². The number of aryl methyl sites for hydroxylation is 2. The molecule has 4 aromatic rings. The number of rotatable bonds is 14. The van der Waals surface area contributed by atoms with Crippen LogP contribution in [0.1, 0.15) is 40.3 Å². The lowest BCUT2D eigenvalue weighted by molar-refractivity contribution is 0.0957. The Bertz CT molecular complexity index is 1280. The summed E-state index contributed by atoms with van der Waals surface area (Å²) in [5.74, 6) is 2.57. The second kappa shape index (κ2) is 12.9. The van der Waals surface area contributed by atoms with Gasteiger partial charge in [0.25, 0.3) is 5.91 Å². The molecule has 0 bridgehead atoms. The number of aromatic nitrogens is 2. The van der Waals surface area contributed by atoms with Crippen LogP contribution in [0.5, 0.6) is 11.5 Å². The SMILES string of the molecule is C=CCc1ccc(OCCCCn2c(CCCNC(=O)c3cccs3)nc3ccccc32)c(OC)c1. The van der Waals surface area contributed by atoms with Gasteiger partial charge in [0.2, 0.25) is 0 Å². The van der Waals surface area contributed by atoms with Gasteiger partial charge in [-0.15, -0.1) is 17.9 Å². The predicted octanol–water partition coefficient (Wildman–Crippen LogP) is 6.06. The number of hydrogen-bond acceptors (Lipinski definition) is 5. The highest BCUT2D eigenvalue weighted by Gasteiger charge is 2.11. The molecule has 2 aromatic carbocycles. The number of methoxy groups -OCH3 is 1. The molecule has 4 rings (SSSR count). The zero-order chi connectivity index (χ0) is 25.2. The minimum absolute atomic E-state index is 0.00882. The number of para-hydroxylation sites is 2. The number of fused-ring (bicyclic) bond motifs is 1. The van der Waals surface area contributed by atoms with E-state index in [2.05, 4.69) is 34.7 Å².